The molecule has 0 aliphatic carbocycles. The average Bonchev–Trinajstić information content (AvgIpc) is 3.83. The predicted octanol–water partition coefficient (Wildman–Crippen LogP) is 14.4. The lowest BCUT2D eigenvalue weighted by Gasteiger charge is -2.14. The Labute approximate surface area is 344 Å². The van der Waals surface area contributed by atoms with Crippen LogP contribution < -0.4 is 0 Å². The molecule has 0 saturated heterocycles. The molecule has 59 heavy (non-hydrogen) atoms. The van der Waals surface area contributed by atoms with Crippen LogP contribution in [0.3, 0.4) is 0 Å². The Kier molecular flexibility index (Phi) is 9.36. The highest BCUT2D eigenvalue weighted by Crippen LogP contribution is 2.42. The smallest absolute Gasteiger partial charge is 0.161 e. The fourth-order valence-electron chi connectivity index (χ4n) is 8.42. The molecule has 10 rings (SSSR count). The van der Waals surface area contributed by atoms with Gasteiger partial charge in [0.25, 0.3) is 0 Å². The van der Waals surface area contributed by atoms with Crippen LogP contribution in [0.4, 0.5) is 0 Å². The lowest BCUT2D eigenvalue weighted by molar-refractivity contribution is 1.11. The molecule has 0 saturated carbocycles. The number of benzene rings is 8. The summed E-state index contributed by atoms with van der Waals surface area (Å²) in [5.41, 5.74) is 13.2. The minimum absolute atomic E-state index is 0.649. The van der Waals surface area contributed by atoms with E-state index in [1.165, 1.54) is 43.8 Å². The van der Waals surface area contributed by atoms with E-state index in [1.54, 1.807) is 0 Å². The Morgan fingerprint density at radius 1 is 0.441 bits per heavy atom. The van der Waals surface area contributed by atoms with Crippen molar-refractivity contribution in [3.63, 3.8) is 0 Å². The normalized spacial score (nSPS) is 12.6. The van der Waals surface area contributed by atoms with Crippen LogP contribution in [-0.2, 0) is 0 Å². The Hall–Kier alpha value is -7.56. The molecule has 0 N–H and O–H groups in total. The van der Waals surface area contributed by atoms with Crippen LogP contribution in [0, 0.1) is 0 Å². The summed E-state index contributed by atoms with van der Waals surface area (Å²) in [7, 11) is 0. The maximum absolute atomic E-state index is 5.62. The average molecular weight is 759 g/mol. The Morgan fingerprint density at radius 2 is 0.915 bits per heavy atom. The summed E-state index contributed by atoms with van der Waals surface area (Å²) >= 11 is 0. The number of amidine groups is 1. The number of allylic oxidation sites excluding steroid dienone is 1. The van der Waals surface area contributed by atoms with E-state index in [2.05, 4.69) is 223 Å². The van der Waals surface area contributed by atoms with E-state index in [4.69, 9.17) is 9.98 Å². The molecule has 0 amide bonds. The summed E-state index contributed by atoms with van der Waals surface area (Å²) < 4.78 is 4.78. The van der Waals surface area contributed by atoms with E-state index >= 15 is 0 Å². The fourth-order valence-corrected chi connectivity index (χ4v) is 8.42. The molecule has 0 bridgehead atoms. The van der Waals surface area contributed by atoms with Crippen molar-refractivity contribution in [2.75, 3.05) is 0 Å². The standard InChI is InChI=1S/C55H42N4/c1-3-17-52(59-51-27-16-14-25-47(51)49-37-36-48-46-24-13-15-26-50(46)58(53(48)54(49)59)45-22-11-6-12-23-45)57-55(44-34-32-43(33-35-44)41-20-9-5-10-21-41)56-38(2)39-28-30-42(31-29-39)40-18-7-4-8-19-40/h4-37H,3H2,1-2H3/b52-17-,56-38?,57-55?. The van der Waals surface area contributed by atoms with Gasteiger partial charge in [0.1, 0.15) is 5.82 Å². The van der Waals surface area contributed by atoms with Gasteiger partial charge in [0.2, 0.25) is 0 Å². The first kappa shape index (κ1) is 35.8. The SMILES string of the molecule is CC/C=C(/N=C(N=C(C)c1ccc(-c2ccccc2)cc1)c1ccc(-c2ccccc2)cc1)n1c2ccccc2c2ccc3c4ccccc4n(-c4ccccc4)c3c21. The Morgan fingerprint density at radius 3 is 1.51 bits per heavy atom. The van der Waals surface area contributed by atoms with E-state index in [-0.39, 0.29) is 0 Å². The number of para-hydroxylation sites is 3. The van der Waals surface area contributed by atoms with Gasteiger partial charge < -0.3 is 4.57 Å². The van der Waals surface area contributed by atoms with Gasteiger partial charge in [0.05, 0.1) is 22.1 Å². The number of hydrogen-bond acceptors (Lipinski definition) is 1. The molecule has 2 aromatic heterocycles. The van der Waals surface area contributed by atoms with Gasteiger partial charge in [-0.25, -0.2) is 9.98 Å². The number of aromatic nitrogens is 2. The first-order valence-corrected chi connectivity index (χ1v) is 20.3. The summed E-state index contributed by atoms with van der Waals surface area (Å²) in [6.07, 6.45) is 3.02. The maximum Gasteiger partial charge on any atom is 0.161 e. The zero-order valence-electron chi connectivity index (χ0n) is 33.1. The zero-order chi connectivity index (χ0) is 39.7. The van der Waals surface area contributed by atoms with Crippen molar-refractivity contribution < 1.29 is 0 Å². The molecule has 0 fully saturated rings. The topological polar surface area (TPSA) is 34.6 Å². The summed E-state index contributed by atoms with van der Waals surface area (Å²) in [4.78, 5) is 11.0. The van der Waals surface area contributed by atoms with Crippen molar-refractivity contribution >= 4 is 61.0 Å². The highest BCUT2D eigenvalue weighted by Gasteiger charge is 2.22. The van der Waals surface area contributed by atoms with Gasteiger partial charge in [-0.15, -0.1) is 0 Å². The Bertz CT molecular complexity index is 3200. The molecule has 0 atom stereocenters. The lowest BCUT2D eigenvalue weighted by Crippen LogP contribution is -2.06. The number of fused-ring (bicyclic) bond motifs is 7. The van der Waals surface area contributed by atoms with Crippen LogP contribution in [0.25, 0.3) is 77.4 Å². The van der Waals surface area contributed by atoms with Crippen molar-refractivity contribution in [1.82, 2.24) is 9.13 Å². The van der Waals surface area contributed by atoms with E-state index in [1.807, 2.05) is 6.07 Å². The molecule has 0 radical (unpaired) electrons. The largest absolute Gasteiger partial charge is 0.307 e. The molecule has 0 unspecified atom stereocenters. The molecule has 2 heterocycles. The number of rotatable bonds is 8. The summed E-state index contributed by atoms with van der Waals surface area (Å²) in [6.45, 7) is 4.26. The zero-order valence-corrected chi connectivity index (χ0v) is 33.1. The second kappa shape index (κ2) is 15.4. The van der Waals surface area contributed by atoms with Crippen molar-refractivity contribution in [2.45, 2.75) is 20.3 Å². The molecule has 4 heteroatoms. The van der Waals surface area contributed by atoms with Crippen LogP contribution >= 0.6 is 0 Å². The summed E-state index contributed by atoms with van der Waals surface area (Å²) in [6, 6.07) is 71.0. The van der Waals surface area contributed by atoms with Crippen LogP contribution in [0.5, 0.6) is 0 Å². The fraction of sp³-hybridized carbons (Fsp3) is 0.0545. The minimum Gasteiger partial charge on any atom is -0.307 e. The number of hydrogen-bond donors (Lipinski definition) is 0. The number of aliphatic imine (C=N–C) groups is 2. The molecular weight excluding hydrogens is 717 g/mol. The van der Waals surface area contributed by atoms with Gasteiger partial charge in [-0.05, 0) is 71.5 Å². The minimum atomic E-state index is 0.649. The van der Waals surface area contributed by atoms with Crippen molar-refractivity contribution in [2.24, 2.45) is 9.98 Å². The lowest BCUT2D eigenvalue weighted by atomic mass is 10.0. The first-order valence-electron chi connectivity index (χ1n) is 20.3. The van der Waals surface area contributed by atoms with Crippen molar-refractivity contribution in [1.29, 1.82) is 0 Å². The van der Waals surface area contributed by atoms with E-state index < -0.39 is 0 Å². The van der Waals surface area contributed by atoms with Gasteiger partial charge in [-0.2, -0.15) is 0 Å². The van der Waals surface area contributed by atoms with Gasteiger partial charge in [0.15, 0.2) is 5.84 Å². The third-order valence-electron chi connectivity index (χ3n) is 11.3. The highest BCUT2D eigenvalue weighted by atomic mass is 15.1. The van der Waals surface area contributed by atoms with E-state index in [0.717, 1.165) is 56.9 Å². The highest BCUT2D eigenvalue weighted by molar-refractivity contribution is 6.24. The third kappa shape index (κ3) is 6.55. The monoisotopic (exact) mass is 758 g/mol. The molecule has 0 spiro atoms. The molecule has 0 aliphatic heterocycles. The summed E-state index contributed by atoms with van der Waals surface area (Å²) in [5.74, 6) is 1.48. The maximum atomic E-state index is 5.62. The molecular formula is C55H42N4. The van der Waals surface area contributed by atoms with E-state index in [9.17, 15) is 0 Å². The molecule has 4 nitrogen and oxygen atoms in total. The predicted molar refractivity (Wildman–Crippen MR) is 251 cm³/mol. The molecule has 8 aromatic carbocycles. The van der Waals surface area contributed by atoms with Crippen molar-refractivity contribution in [3.8, 4) is 27.9 Å². The summed E-state index contributed by atoms with van der Waals surface area (Å²) in [5, 5.41) is 4.77. The third-order valence-corrected chi connectivity index (χ3v) is 11.3. The Balaban J connectivity index is 1.22. The number of nitrogens with zero attached hydrogens (tertiary/aromatic N) is 4. The molecule has 282 valence electrons. The van der Waals surface area contributed by atoms with E-state index in [0.29, 0.717) is 5.84 Å². The van der Waals surface area contributed by atoms with Crippen LogP contribution in [0.2, 0.25) is 0 Å². The molecule has 0 aliphatic rings. The second-order valence-electron chi connectivity index (χ2n) is 14.9. The van der Waals surface area contributed by atoms with Gasteiger partial charge >= 0.3 is 0 Å². The van der Waals surface area contributed by atoms with Gasteiger partial charge in [0, 0.05) is 38.5 Å². The van der Waals surface area contributed by atoms with Crippen molar-refractivity contribution in [3.05, 3.63) is 217 Å². The van der Waals surface area contributed by atoms with Crippen LogP contribution in [0.15, 0.2) is 216 Å². The second-order valence-corrected chi connectivity index (χ2v) is 14.9. The molecule has 10 aromatic rings. The van der Waals surface area contributed by atoms with Crippen LogP contribution in [-0.4, -0.2) is 20.7 Å². The first-order chi connectivity index (χ1) is 29.2. The quantitative estimate of drug-likeness (QED) is 0.109. The van der Waals surface area contributed by atoms with Gasteiger partial charge in [-0.1, -0.05) is 183 Å². The van der Waals surface area contributed by atoms with Gasteiger partial charge in [-0.3, -0.25) is 4.57 Å². The van der Waals surface area contributed by atoms with Crippen LogP contribution in [0.1, 0.15) is 31.4 Å².